The summed E-state index contributed by atoms with van der Waals surface area (Å²) in [7, 11) is 0. The standard InChI is InChI=1S/C20H13NS/c22-21-19-11-15-7-3-1-5-13(15)9-17(19)18-10-14-6-2-4-8-16(14)12-20(18)21/h1-12,22H. The van der Waals surface area contributed by atoms with E-state index in [1.807, 2.05) is 3.97 Å². The van der Waals surface area contributed by atoms with Crippen LogP contribution in [0.5, 0.6) is 0 Å². The van der Waals surface area contributed by atoms with Gasteiger partial charge in [-0.1, -0.05) is 61.3 Å². The lowest BCUT2D eigenvalue weighted by molar-refractivity contribution is 1.45. The molecule has 0 fully saturated rings. The third-order valence-electron chi connectivity index (χ3n) is 4.47. The highest BCUT2D eigenvalue weighted by molar-refractivity contribution is 7.79. The largest absolute Gasteiger partial charge is 0.286 e. The SMILES string of the molecule is Sn1c2cc3ccccc3cc2c2cc3ccccc3cc21. The fraction of sp³-hybridized carbons (Fsp3) is 0. The van der Waals surface area contributed by atoms with Crippen LogP contribution in [0, 0.1) is 0 Å². The molecule has 4 aromatic carbocycles. The van der Waals surface area contributed by atoms with Crippen LogP contribution < -0.4 is 0 Å². The van der Waals surface area contributed by atoms with Crippen molar-refractivity contribution in [3.8, 4) is 0 Å². The number of nitrogens with zero attached hydrogens (tertiary/aromatic N) is 1. The predicted molar refractivity (Wildman–Crippen MR) is 98.8 cm³/mol. The molecule has 1 nitrogen and oxygen atoms in total. The third-order valence-corrected chi connectivity index (χ3v) is 4.91. The van der Waals surface area contributed by atoms with Crippen LogP contribution in [0.25, 0.3) is 43.4 Å². The monoisotopic (exact) mass is 299 g/mol. The molecule has 0 saturated heterocycles. The molecule has 0 spiro atoms. The Labute approximate surface area is 133 Å². The highest BCUT2D eigenvalue weighted by atomic mass is 32.1. The average Bonchev–Trinajstić information content (AvgIpc) is 2.83. The van der Waals surface area contributed by atoms with Crippen molar-refractivity contribution in [2.75, 3.05) is 0 Å². The normalized spacial score (nSPS) is 11.9. The Kier molecular flexibility index (Phi) is 2.36. The van der Waals surface area contributed by atoms with Gasteiger partial charge < -0.3 is 0 Å². The fourth-order valence-electron chi connectivity index (χ4n) is 3.37. The first-order chi connectivity index (χ1) is 10.8. The van der Waals surface area contributed by atoms with Gasteiger partial charge in [-0.05, 0) is 45.8 Å². The van der Waals surface area contributed by atoms with Crippen LogP contribution in [0.2, 0.25) is 0 Å². The van der Waals surface area contributed by atoms with Crippen LogP contribution in [-0.2, 0) is 0 Å². The van der Waals surface area contributed by atoms with Crippen LogP contribution in [0.4, 0.5) is 0 Å². The molecule has 0 bridgehead atoms. The quantitative estimate of drug-likeness (QED) is 0.345. The number of thiol groups is 1. The summed E-state index contributed by atoms with van der Waals surface area (Å²) >= 11 is 4.74. The average molecular weight is 299 g/mol. The highest BCUT2D eigenvalue weighted by Gasteiger charge is 2.11. The molecular formula is C20H13NS. The minimum Gasteiger partial charge on any atom is -0.286 e. The molecule has 0 aliphatic heterocycles. The predicted octanol–water partition coefficient (Wildman–Crippen LogP) is 5.79. The van der Waals surface area contributed by atoms with Crippen molar-refractivity contribution in [2.24, 2.45) is 0 Å². The summed E-state index contributed by atoms with van der Waals surface area (Å²) in [5.41, 5.74) is 2.32. The van der Waals surface area contributed by atoms with E-state index in [0.717, 1.165) is 11.0 Å². The number of rotatable bonds is 0. The van der Waals surface area contributed by atoms with Gasteiger partial charge in [-0.2, -0.15) is 0 Å². The van der Waals surface area contributed by atoms with Crippen LogP contribution in [-0.4, -0.2) is 3.97 Å². The van der Waals surface area contributed by atoms with E-state index >= 15 is 0 Å². The zero-order valence-corrected chi connectivity index (χ0v) is 12.7. The lowest BCUT2D eigenvalue weighted by Gasteiger charge is -2.00. The van der Waals surface area contributed by atoms with E-state index in [2.05, 4.69) is 72.8 Å². The van der Waals surface area contributed by atoms with E-state index in [1.165, 1.54) is 32.3 Å². The second-order valence-electron chi connectivity index (χ2n) is 5.74. The van der Waals surface area contributed by atoms with Crippen LogP contribution in [0.3, 0.4) is 0 Å². The fourth-order valence-corrected chi connectivity index (χ4v) is 3.70. The molecule has 0 unspecified atom stereocenters. The molecule has 0 saturated carbocycles. The molecule has 0 radical (unpaired) electrons. The summed E-state index contributed by atoms with van der Waals surface area (Å²) in [5.74, 6) is 0. The van der Waals surface area contributed by atoms with Gasteiger partial charge >= 0.3 is 0 Å². The Hall–Kier alpha value is -2.45. The molecule has 0 aliphatic rings. The molecule has 5 rings (SSSR count). The summed E-state index contributed by atoms with van der Waals surface area (Å²) in [4.78, 5) is 0. The van der Waals surface area contributed by atoms with Crippen molar-refractivity contribution >= 4 is 56.2 Å². The van der Waals surface area contributed by atoms with E-state index in [4.69, 9.17) is 12.8 Å². The van der Waals surface area contributed by atoms with Gasteiger partial charge in [-0.15, -0.1) is 0 Å². The molecular weight excluding hydrogens is 286 g/mol. The van der Waals surface area contributed by atoms with Crippen molar-refractivity contribution in [1.29, 1.82) is 0 Å². The Morgan fingerprint density at radius 3 is 1.32 bits per heavy atom. The number of benzene rings is 4. The van der Waals surface area contributed by atoms with E-state index in [-0.39, 0.29) is 0 Å². The van der Waals surface area contributed by atoms with Gasteiger partial charge in [-0.25, -0.2) is 0 Å². The maximum atomic E-state index is 4.74. The molecule has 5 aromatic rings. The molecule has 0 N–H and O–H groups in total. The topological polar surface area (TPSA) is 4.93 Å². The van der Waals surface area contributed by atoms with Crippen molar-refractivity contribution in [3.63, 3.8) is 0 Å². The van der Waals surface area contributed by atoms with E-state index in [0.29, 0.717) is 0 Å². The van der Waals surface area contributed by atoms with Gasteiger partial charge in [0.15, 0.2) is 0 Å². The maximum absolute atomic E-state index is 4.74. The first-order valence-corrected chi connectivity index (χ1v) is 7.76. The molecule has 1 aromatic heterocycles. The number of hydrogen-bond acceptors (Lipinski definition) is 1. The minimum absolute atomic E-state index is 1.16. The van der Waals surface area contributed by atoms with Gasteiger partial charge in [0.25, 0.3) is 0 Å². The Bertz CT molecular complexity index is 1090. The van der Waals surface area contributed by atoms with Crippen LogP contribution in [0.15, 0.2) is 72.8 Å². The molecule has 104 valence electrons. The second-order valence-corrected chi connectivity index (χ2v) is 6.14. The van der Waals surface area contributed by atoms with Gasteiger partial charge in [0.2, 0.25) is 0 Å². The minimum atomic E-state index is 1.16. The highest BCUT2D eigenvalue weighted by Crippen LogP contribution is 2.35. The Morgan fingerprint density at radius 2 is 0.909 bits per heavy atom. The van der Waals surface area contributed by atoms with Crippen molar-refractivity contribution < 1.29 is 0 Å². The molecule has 2 heteroatoms. The van der Waals surface area contributed by atoms with Gasteiger partial charge in [0, 0.05) is 10.8 Å². The Morgan fingerprint density at radius 1 is 0.545 bits per heavy atom. The van der Waals surface area contributed by atoms with E-state index < -0.39 is 0 Å². The smallest absolute Gasteiger partial charge is 0.0608 e. The van der Waals surface area contributed by atoms with Crippen molar-refractivity contribution in [3.05, 3.63) is 72.8 Å². The number of fused-ring (bicyclic) bond motifs is 5. The summed E-state index contributed by atoms with van der Waals surface area (Å²) < 4.78 is 2.00. The summed E-state index contributed by atoms with van der Waals surface area (Å²) in [6.07, 6.45) is 0. The summed E-state index contributed by atoms with van der Waals surface area (Å²) in [6.45, 7) is 0. The van der Waals surface area contributed by atoms with E-state index in [1.54, 1.807) is 0 Å². The van der Waals surface area contributed by atoms with Crippen LogP contribution in [0.1, 0.15) is 0 Å². The molecule has 1 heterocycles. The third kappa shape index (κ3) is 1.56. The molecule has 0 amide bonds. The van der Waals surface area contributed by atoms with Gasteiger partial charge in [0.1, 0.15) is 0 Å². The lowest BCUT2D eigenvalue weighted by atomic mass is 10.0. The number of hydrogen-bond donors (Lipinski definition) is 1. The van der Waals surface area contributed by atoms with Crippen molar-refractivity contribution in [2.45, 2.75) is 0 Å². The summed E-state index contributed by atoms with van der Waals surface area (Å²) in [6, 6.07) is 25.9. The van der Waals surface area contributed by atoms with Crippen LogP contribution >= 0.6 is 12.8 Å². The lowest BCUT2D eigenvalue weighted by Crippen LogP contribution is -1.80. The Balaban J connectivity index is 2.05. The van der Waals surface area contributed by atoms with Gasteiger partial charge in [-0.3, -0.25) is 3.97 Å². The van der Waals surface area contributed by atoms with Crippen molar-refractivity contribution in [1.82, 2.24) is 3.97 Å². The molecule has 0 aliphatic carbocycles. The van der Waals surface area contributed by atoms with Gasteiger partial charge in [0.05, 0.1) is 11.0 Å². The summed E-state index contributed by atoms with van der Waals surface area (Å²) in [5, 5.41) is 7.55. The maximum Gasteiger partial charge on any atom is 0.0608 e. The zero-order chi connectivity index (χ0) is 14.7. The molecule has 0 atom stereocenters. The molecule has 22 heavy (non-hydrogen) atoms. The number of aromatic nitrogens is 1. The van der Waals surface area contributed by atoms with E-state index in [9.17, 15) is 0 Å². The second kappa shape index (κ2) is 4.28. The first kappa shape index (κ1) is 12.1. The first-order valence-electron chi connectivity index (χ1n) is 7.36. The zero-order valence-electron chi connectivity index (χ0n) is 11.8.